The summed E-state index contributed by atoms with van der Waals surface area (Å²) in [4.78, 5) is 10.6. The van der Waals surface area contributed by atoms with Crippen molar-refractivity contribution in [2.45, 2.75) is 6.42 Å². The molecule has 0 radical (unpaired) electrons. The van der Waals surface area contributed by atoms with E-state index in [9.17, 15) is 4.79 Å². The first-order valence-corrected chi connectivity index (χ1v) is 4.82. The van der Waals surface area contributed by atoms with Crippen LogP contribution in [-0.2, 0) is 4.79 Å². The molecule has 0 unspecified atom stereocenters. The lowest BCUT2D eigenvalue weighted by atomic mass is 9.92. The number of aliphatic hydroxyl groups excluding tert-OH is 1. The third kappa shape index (κ3) is 2.10. The lowest BCUT2D eigenvalue weighted by Crippen LogP contribution is -2.31. The molecule has 1 saturated heterocycles. The van der Waals surface area contributed by atoms with Crippen LogP contribution in [-0.4, -0.2) is 34.3 Å². The number of hydrogen-bond donors (Lipinski definition) is 2. The molecular formula is C7H12O3S. The zero-order valence-electron chi connectivity index (χ0n) is 6.19. The van der Waals surface area contributed by atoms with E-state index in [4.69, 9.17) is 10.2 Å². The van der Waals surface area contributed by atoms with E-state index in [1.165, 1.54) is 0 Å². The zero-order valence-corrected chi connectivity index (χ0v) is 7.01. The molecule has 0 bridgehead atoms. The number of aliphatic hydroxyl groups is 1. The fourth-order valence-corrected chi connectivity index (χ4v) is 2.58. The van der Waals surface area contributed by atoms with Gasteiger partial charge in [0.1, 0.15) is 0 Å². The first-order chi connectivity index (χ1) is 5.25. The Morgan fingerprint density at radius 3 is 2.82 bits per heavy atom. The second-order valence-electron chi connectivity index (χ2n) is 2.75. The quantitative estimate of drug-likeness (QED) is 0.640. The lowest BCUT2D eigenvalue weighted by molar-refractivity contribution is -0.143. The summed E-state index contributed by atoms with van der Waals surface area (Å²) in [7, 11) is 0. The highest BCUT2D eigenvalue weighted by Crippen LogP contribution is 2.28. The zero-order chi connectivity index (χ0) is 8.27. The number of hydrogen-bond acceptors (Lipinski definition) is 3. The van der Waals surface area contributed by atoms with Crippen LogP contribution in [0.4, 0.5) is 0 Å². The molecule has 2 N–H and O–H groups in total. The van der Waals surface area contributed by atoms with Gasteiger partial charge in [0.15, 0.2) is 0 Å². The molecule has 11 heavy (non-hydrogen) atoms. The van der Waals surface area contributed by atoms with Crippen LogP contribution in [0.2, 0.25) is 0 Å². The molecule has 4 heteroatoms. The molecular weight excluding hydrogens is 164 g/mol. The van der Waals surface area contributed by atoms with E-state index in [0.29, 0.717) is 5.75 Å². The Hall–Kier alpha value is -0.220. The highest BCUT2D eigenvalue weighted by Gasteiger charge is 2.30. The van der Waals surface area contributed by atoms with Gasteiger partial charge in [-0.25, -0.2) is 0 Å². The molecule has 1 aliphatic rings. The minimum Gasteiger partial charge on any atom is -0.481 e. The van der Waals surface area contributed by atoms with Crippen LogP contribution < -0.4 is 0 Å². The van der Waals surface area contributed by atoms with Gasteiger partial charge in [-0.15, -0.1) is 0 Å². The number of aliphatic carboxylic acids is 1. The van der Waals surface area contributed by atoms with Gasteiger partial charge in [-0.05, 0) is 18.1 Å². The van der Waals surface area contributed by atoms with Crippen molar-refractivity contribution in [3.8, 4) is 0 Å². The van der Waals surface area contributed by atoms with E-state index in [1.807, 2.05) is 0 Å². The van der Waals surface area contributed by atoms with Crippen LogP contribution in [0, 0.1) is 11.8 Å². The molecule has 1 rings (SSSR count). The van der Waals surface area contributed by atoms with Gasteiger partial charge in [-0.3, -0.25) is 4.79 Å². The normalized spacial score (nSPS) is 31.7. The van der Waals surface area contributed by atoms with Gasteiger partial charge in [0.2, 0.25) is 0 Å². The largest absolute Gasteiger partial charge is 0.481 e. The van der Waals surface area contributed by atoms with Crippen LogP contribution in [0.3, 0.4) is 0 Å². The van der Waals surface area contributed by atoms with Gasteiger partial charge < -0.3 is 10.2 Å². The minimum atomic E-state index is -0.767. The molecule has 0 spiro atoms. The molecule has 0 aromatic rings. The van der Waals surface area contributed by atoms with Crippen LogP contribution in [0.1, 0.15) is 6.42 Å². The van der Waals surface area contributed by atoms with E-state index < -0.39 is 5.97 Å². The van der Waals surface area contributed by atoms with Gasteiger partial charge >= 0.3 is 5.97 Å². The number of carboxylic acid groups (broad SMARTS) is 1. The number of rotatable bonds is 2. The highest BCUT2D eigenvalue weighted by molar-refractivity contribution is 7.99. The molecule has 0 saturated carbocycles. The van der Waals surface area contributed by atoms with Gasteiger partial charge in [0, 0.05) is 12.4 Å². The molecule has 2 atom stereocenters. The Kier molecular flexibility index (Phi) is 3.20. The van der Waals surface area contributed by atoms with Crippen LogP contribution in [0.15, 0.2) is 0 Å². The first-order valence-electron chi connectivity index (χ1n) is 3.67. The van der Waals surface area contributed by atoms with Crippen molar-refractivity contribution in [2.75, 3.05) is 18.1 Å². The molecule has 1 fully saturated rings. The SMILES string of the molecule is O=C(O)[C@@H]1CSCC[C@H]1CO. The van der Waals surface area contributed by atoms with Crippen molar-refractivity contribution in [1.29, 1.82) is 0 Å². The molecule has 64 valence electrons. The smallest absolute Gasteiger partial charge is 0.307 e. The lowest BCUT2D eigenvalue weighted by Gasteiger charge is -2.26. The number of thioether (sulfide) groups is 1. The maximum Gasteiger partial charge on any atom is 0.307 e. The average molecular weight is 176 g/mol. The van der Waals surface area contributed by atoms with E-state index in [0.717, 1.165) is 12.2 Å². The van der Waals surface area contributed by atoms with Crippen LogP contribution >= 0.6 is 11.8 Å². The van der Waals surface area contributed by atoms with Crippen molar-refractivity contribution >= 4 is 17.7 Å². The summed E-state index contributed by atoms with van der Waals surface area (Å²) in [6.07, 6.45) is 0.831. The average Bonchev–Trinajstić information content (AvgIpc) is 2.04. The highest BCUT2D eigenvalue weighted by atomic mass is 32.2. The van der Waals surface area contributed by atoms with E-state index in [2.05, 4.69) is 0 Å². The maximum absolute atomic E-state index is 10.6. The molecule has 1 aliphatic heterocycles. The maximum atomic E-state index is 10.6. The summed E-state index contributed by atoms with van der Waals surface area (Å²) in [6, 6.07) is 0. The Balaban J connectivity index is 2.51. The van der Waals surface area contributed by atoms with E-state index in [-0.39, 0.29) is 18.4 Å². The van der Waals surface area contributed by atoms with Crippen LogP contribution in [0.5, 0.6) is 0 Å². The molecule has 0 aliphatic carbocycles. The summed E-state index contributed by atoms with van der Waals surface area (Å²) in [5.41, 5.74) is 0. The van der Waals surface area contributed by atoms with Crippen molar-refractivity contribution in [3.05, 3.63) is 0 Å². The summed E-state index contributed by atoms with van der Waals surface area (Å²) in [6.45, 7) is 0.0114. The Bertz CT molecular complexity index is 149. The summed E-state index contributed by atoms with van der Waals surface area (Å²) in [5, 5.41) is 17.6. The van der Waals surface area contributed by atoms with Gasteiger partial charge in [-0.1, -0.05) is 0 Å². The molecule has 0 aromatic carbocycles. The second-order valence-corrected chi connectivity index (χ2v) is 3.90. The van der Waals surface area contributed by atoms with Crippen molar-refractivity contribution in [1.82, 2.24) is 0 Å². The first kappa shape index (κ1) is 8.87. The monoisotopic (exact) mass is 176 g/mol. The topological polar surface area (TPSA) is 57.5 Å². The second kappa shape index (κ2) is 3.97. The fourth-order valence-electron chi connectivity index (χ4n) is 1.27. The van der Waals surface area contributed by atoms with Gasteiger partial charge in [0.05, 0.1) is 5.92 Å². The molecule has 1 heterocycles. The van der Waals surface area contributed by atoms with E-state index >= 15 is 0 Å². The fraction of sp³-hybridized carbons (Fsp3) is 0.857. The van der Waals surface area contributed by atoms with E-state index in [1.54, 1.807) is 11.8 Å². The predicted octanol–water partition coefficient (Wildman–Crippen LogP) is 0.433. The summed E-state index contributed by atoms with van der Waals surface area (Å²) < 4.78 is 0. The molecule has 0 amide bonds. The predicted molar refractivity (Wildman–Crippen MR) is 43.6 cm³/mol. The third-order valence-corrected chi connectivity index (χ3v) is 3.17. The Labute approximate surface area is 69.8 Å². The molecule has 3 nitrogen and oxygen atoms in total. The van der Waals surface area contributed by atoms with Gasteiger partial charge in [-0.2, -0.15) is 11.8 Å². The molecule has 0 aromatic heterocycles. The van der Waals surface area contributed by atoms with Crippen molar-refractivity contribution in [2.24, 2.45) is 11.8 Å². The standard InChI is InChI=1S/C7H12O3S/c8-3-5-1-2-11-4-6(5)7(9)10/h5-6,8H,1-4H2,(H,9,10)/t5-,6+/m0/s1. The van der Waals surface area contributed by atoms with Crippen LogP contribution in [0.25, 0.3) is 0 Å². The summed E-state index contributed by atoms with van der Waals surface area (Å²) in [5.74, 6) is 0.513. The number of carboxylic acids is 1. The summed E-state index contributed by atoms with van der Waals surface area (Å²) >= 11 is 1.66. The number of carbonyl (C=O) groups is 1. The Morgan fingerprint density at radius 2 is 2.36 bits per heavy atom. The van der Waals surface area contributed by atoms with Crippen molar-refractivity contribution < 1.29 is 15.0 Å². The minimum absolute atomic E-state index is 0.0114. The van der Waals surface area contributed by atoms with Crippen molar-refractivity contribution in [3.63, 3.8) is 0 Å². The Morgan fingerprint density at radius 1 is 1.64 bits per heavy atom. The van der Waals surface area contributed by atoms with Gasteiger partial charge in [0.25, 0.3) is 0 Å². The third-order valence-electron chi connectivity index (χ3n) is 2.05.